The average Bonchev–Trinajstić information content (AvgIpc) is 2.71. The Hall–Kier alpha value is -0.420. The first-order valence-corrected chi connectivity index (χ1v) is 7.08. The molecule has 1 N–H and O–H groups in total. The maximum atomic E-state index is 13.1. The van der Waals surface area contributed by atoms with E-state index in [2.05, 4.69) is 26.6 Å². The van der Waals surface area contributed by atoms with Crippen molar-refractivity contribution in [2.45, 2.75) is 6.04 Å². The lowest BCUT2D eigenvalue weighted by molar-refractivity contribution is 0.624. The molecule has 17 heavy (non-hydrogen) atoms. The Labute approximate surface area is 117 Å². The second-order valence-corrected chi connectivity index (χ2v) is 5.58. The molecule has 0 saturated heterocycles. The highest BCUT2D eigenvalue weighted by molar-refractivity contribution is 9.10. The van der Waals surface area contributed by atoms with E-state index in [0.29, 0.717) is 0 Å². The second-order valence-electron chi connectivity index (χ2n) is 3.57. The summed E-state index contributed by atoms with van der Waals surface area (Å²) in [6.45, 7) is 0. The molecule has 0 bridgehead atoms. The van der Waals surface area contributed by atoms with E-state index in [0.717, 1.165) is 15.6 Å². The van der Waals surface area contributed by atoms with E-state index in [1.54, 1.807) is 23.5 Å². The van der Waals surface area contributed by atoms with Crippen molar-refractivity contribution >= 4 is 38.9 Å². The van der Waals surface area contributed by atoms with Gasteiger partial charge < -0.3 is 5.32 Å². The molecule has 0 radical (unpaired) electrons. The third kappa shape index (κ3) is 2.71. The molecule has 90 valence electrons. The molecule has 0 fully saturated rings. The fourth-order valence-electron chi connectivity index (χ4n) is 1.69. The van der Waals surface area contributed by atoms with Gasteiger partial charge in [-0.05, 0) is 51.6 Å². The summed E-state index contributed by atoms with van der Waals surface area (Å²) in [5, 5.41) is 7.43. The number of benzene rings is 1. The smallest absolute Gasteiger partial charge is 0.141 e. The number of thiophene rings is 1. The molecular weight excluding hydrogens is 325 g/mol. The molecule has 2 rings (SSSR count). The van der Waals surface area contributed by atoms with E-state index >= 15 is 0 Å². The highest BCUT2D eigenvalue weighted by atomic mass is 79.9. The average molecular weight is 335 g/mol. The summed E-state index contributed by atoms with van der Waals surface area (Å²) in [7, 11) is 1.87. The normalized spacial score (nSPS) is 12.7. The third-order valence-electron chi connectivity index (χ3n) is 2.52. The van der Waals surface area contributed by atoms with Crippen LogP contribution >= 0.6 is 38.9 Å². The SMILES string of the molecule is CNC(c1ccc(F)c(Cl)c1)c1cscc1Br. The summed E-state index contributed by atoms with van der Waals surface area (Å²) < 4.78 is 14.2. The number of halogens is 3. The van der Waals surface area contributed by atoms with Gasteiger partial charge in [-0.2, -0.15) is 11.3 Å². The first kappa shape index (κ1) is 13.0. The molecule has 1 aromatic carbocycles. The number of nitrogens with one attached hydrogen (secondary N) is 1. The predicted octanol–water partition coefficient (Wildman–Crippen LogP) is 4.61. The van der Waals surface area contributed by atoms with E-state index in [9.17, 15) is 4.39 Å². The summed E-state index contributed by atoms with van der Waals surface area (Å²) in [6, 6.07) is 4.80. The Morgan fingerprint density at radius 3 is 2.71 bits per heavy atom. The minimum atomic E-state index is -0.394. The van der Waals surface area contributed by atoms with Crippen LogP contribution in [0.3, 0.4) is 0 Å². The van der Waals surface area contributed by atoms with Gasteiger partial charge in [-0.1, -0.05) is 17.7 Å². The van der Waals surface area contributed by atoms with E-state index < -0.39 is 5.82 Å². The summed E-state index contributed by atoms with van der Waals surface area (Å²) in [5.41, 5.74) is 2.07. The van der Waals surface area contributed by atoms with Gasteiger partial charge in [0.1, 0.15) is 5.82 Å². The van der Waals surface area contributed by atoms with Gasteiger partial charge in [0.2, 0.25) is 0 Å². The zero-order valence-electron chi connectivity index (χ0n) is 9.01. The van der Waals surface area contributed by atoms with Crippen LogP contribution in [0.25, 0.3) is 0 Å². The first-order valence-electron chi connectivity index (χ1n) is 4.97. The zero-order valence-corrected chi connectivity index (χ0v) is 12.2. The van der Waals surface area contributed by atoms with Crippen molar-refractivity contribution in [2.24, 2.45) is 0 Å². The highest BCUT2D eigenvalue weighted by Gasteiger charge is 2.16. The number of hydrogen-bond donors (Lipinski definition) is 1. The molecule has 1 unspecified atom stereocenters. The van der Waals surface area contributed by atoms with Gasteiger partial charge in [-0.25, -0.2) is 4.39 Å². The van der Waals surface area contributed by atoms with Crippen molar-refractivity contribution in [1.82, 2.24) is 5.32 Å². The molecular formula is C12H10BrClFNS. The van der Waals surface area contributed by atoms with Crippen LogP contribution in [0.1, 0.15) is 17.2 Å². The molecule has 1 atom stereocenters. The number of hydrogen-bond acceptors (Lipinski definition) is 2. The molecule has 0 aliphatic rings. The van der Waals surface area contributed by atoms with Gasteiger partial charge in [0.05, 0.1) is 11.1 Å². The quantitative estimate of drug-likeness (QED) is 0.864. The van der Waals surface area contributed by atoms with Crippen LogP contribution in [0.5, 0.6) is 0 Å². The Morgan fingerprint density at radius 2 is 2.18 bits per heavy atom. The van der Waals surface area contributed by atoms with Gasteiger partial charge in [0.15, 0.2) is 0 Å². The van der Waals surface area contributed by atoms with Crippen molar-refractivity contribution in [2.75, 3.05) is 7.05 Å². The summed E-state index contributed by atoms with van der Waals surface area (Å²) in [5.74, 6) is -0.394. The monoisotopic (exact) mass is 333 g/mol. The molecule has 2 aromatic rings. The maximum absolute atomic E-state index is 13.1. The van der Waals surface area contributed by atoms with Gasteiger partial charge >= 0.3 is 0 Å². The summed E-state index contributed by atoms with van der Waals surface area (Å²) in [6.07, 6.45) is 0. The molecule has 1 heterocycles. The van der Waals surface area contributed by atoms with E-state index in [1.165, 1.54) is 6.07 Å². The van der Waals surface area contributed by atoms with Crippen molar-refractivity contribution in [3.63, 3.8) is 0 Å². The minimum absolute atomic E-state index is 0.00808. The second kappa shape index (κ2) is 5.48. The molecule has 1 aromatic heterocycles. The van der Waals surface area contributed by atoms with E-state index in [1.807, 2.05) is 12.4 Å². The Balaban J connectivity index is 2.42. The van der Waals surface area contributed by atoms with Crippen molar-refractivity contribution in [1.29, 1.82) is 0 Å². The fourth-order valence-corrected chi connectivity index (χ4v) is 3.43. The minimum Gasteiger partial charge on any atom is -0.309 e. The van der Waals surface area contributed by atoms with Crippen LogP contribution in [0.4, 0.5) is 4.39 Å². The molecule has 0 aliphatic carbocycles. The van der Waals surface area contributed by atoms with Crippen LogP contribution in [0, 0.1) is 5.82 Å². The largest absolute Gasteiger partial charge is 0.309 e. The summed E-state index contributed by atoms with van der Waals surface area (Å²) in [4.78, 5) is 0. The maximum Gasteiger partial charge on any atom is 0.141 e. The lowest BCUT2D eigenvalue weighted by Crippen LogP contribution is -2.17. The van der Waals surface area contributed by atoms with Crippen molar-refractivity contribution in [3.05, 3.63) is 55.4 Å². The van der Waals surface area contributed by atoms with Crippen LogP contribution < -0.4 is 5.32 Å². The van der Waals surface area contributed by atoms with Crippen LogP contribution in [-0.4, -0.2) is 7.05 Å². The topological polar surface area (TPSA) is 12.0 Å². The van der Waals surface area contributed by atoms with Crippen LogP contribution in [-0.2, 0) is 0 Å². The first-order chi connectivity index (χ1) is 8.13. The van der Waals surface area contributed by atoms with Gasteiger partial charge in [-0.15, -0.1) is 0 Å². The third-order valence-corrected chi connectivity index (χ3v) is 4.56. The van der Waals surface area contributed by atoms with E-state index in [4.69, 9.17) is 11.6 Å². The predicted molar refractivity (Wildman–Crippen MR) is 74.3 cm³/mol. The molecule has 1 nitrogen and oxygen atoms in total. The molecule has 0 aliphatic heterocycles. The molecule has 0 saturated carbocycles. The molecule has 5 heteroatoms. The Morgan fingerprint density at radius 1 is 1.41 bits per heavy atom. The van der Waals surface area contributed by atoms with Crippen LogP contribution in [0.15, 0.2) is 33.4 Å². The standard InChI is InChI=1S/C12H10BrClFNS/c1-16-12(8-5-17-6-9(8)13)7-2-3-11(15)10(14)4-7/h2-6,12,16H,1H3. The molecule has 0 spiro atoms. The lowest BCUT2D eigenvalue weighted by atomic mass is 10.0. The fraction of sp³-hybridized carbons (Fsp3) is 0.167. The number of rotatable bonds is 3. The Bertz CT molecular complexity index is 529. The summed E-state index contributed by atoms with van der Waals surface area (Å²) >= 11 is 10.9. The zero-order chi connectivity index (χ0) is 12.4. The highest BCUT2D eigenvalue weighted by Crippen LogP contribution is 2.32. The molecule has 0 amide bonds. The van der Waals surface area contributed by atoms with Crippen LogP contribution in [0.2, 0.25) is 5.02 Å². The van der Waals surface area contributed by atoms with Gasteiger partial charge in [0.25, 0.3) is 0 Å². The van der Waals surface area contributed by atoms with Crippen molar-refractivity contribution < 1.29 is 4.39 Å². The Kier molecular flexibility index (Phi) is 4.20. The lowest BCUT2D eigenvalue weighted by Gasteiger charge is -2.16. The van der Waals surface area contributed by atoms with Gasteiger partial charge in [0, 0.05) is 9.85 Å². The van der Waals surface area contributed by atoms with Crippen molar-refractivity contribution in [3.8, 4) is 0 Å². The van der Waals surface area contributed by atoms with Gasteiger partial charge in [-0.3, -0.25) is 0 Å². The van der Waals surface area contributed by atoms with E-state index in [-0.39, 0.29) is 11.1 Å².